The van der Waals surface area contributed by atoms with Crippen molar-refractivity contribution in [3.8, 4) is 0 Å². The highest BCUT2D eigenvalue weighted by Crippen LogP contribution is 2.12. The predicted molar refractivity (Wildman–Crippen MR) is 86.0 cm³/mol. The summed E-state index contributed by atoms with van der Waals surface area (Å²) in [5.74, 6) is -0.154. The number of benzene rings is 2. The molecule has 0 atom stereocenters. The molecule has 0 aromatic heterocycles. The van der Waals surface area contributed by atoms with E-state index >= 15 is 0 Å². The van der Waals surface area contributed by atoms with Gasteiger partial charge in [0.05, 0.1) is 0 Å². The maximum atomic E-state index is 11.9. The van der Waals surface area contributed by atoms with E-state index in [1.54, 1.807) is 6.08 Å². The Bertz CT molecular complexity index is 606. The number of amides is 1. The lowest BCUT2D eigenvalue weighted by Gasteiger charge is -2.05. The molecule has 108 valence electrons. The molecule has 3 heteroatoms. The van der Waals surface area contributed by atoms with Gasteiger partial charge in [-0.2, -0.15) is 0 Å². The molecule has 0 saturated heterocycles. The van der Waals surface area contributed by atoms with Crippen LogP contribution in [0.15, 0.2) is 60.7 Å². The average Bonchev–Trinajstić information content (AvgIpc) is 2.52. The van der Waals surface area contributed by atoms with Gasteiger partial charge in [0.25, 0.3) is 0 Å². The largest absolute Gasteiger partial charge is 0.396 e. The van der Waals surface area contributed by atoms with Crippen LogP contribution in [0.5, 0.6) is 0 Å². The van der Waals surface area contributed by atoms with Gasteiger partial charge in [0.2, 0.25) is 5.91 Å². The number of carbonyl (C=O) groups excluding carboxylic acids is 1. The maximum Gasteiger partial charge on any atom is 0.248 e. The molecular weight excluding hydrogens is 262 g/mol. The standard InChI is InChI=1S/C18H19NO2/c20-13-5-9-16-8-4-10-17(14-16)19-18(21)12-11-15-6-2-1-3-7-15/h1-4,6-8,10-12,14,20H,5,9,13H2,(H,19,21)/b12-11+. The summed E-state index contributed by atoms with van der Waals surface area (Å²) in [6, 6.07) is 17.4. The third kappa shape index (κ3) is 5.24. The van der Waals surface area contributed by atoms with Crippen LogP contribution in [0.4, 0.5) is 5.69 Å². The van der Waals surface area contributed by atoms with Gasteiger partial charge in [0.15, 0.2) is 0 Å². The highest BCUT2D eigenvalue weighted by Gasteiger charge is 1.99. The molecule has 2 aromatic rings. The topological polar surface area (TPSA) is 49.3 Å². The molecule has 3 nitrogen and oxygen atoms in total. The van der Waals surface area contributed by atoms with E-state index in [0.29, 0.717) is 0 Å². The van der Waals surface area contributed by atoms with Crippen molar-refractivity contribution in [3.63, 3.8) is 0 Å². The van der Waals surface area contributed by atoms with Gasteiger partial charge >= 0.3 is 0 Å². The van der Waals surface area contributed by atoms with Crippen molar-refractivity contribution in [2.45, 2.75) is 12.8 Å². The summed E-state index contributed by atoms with van der Waals surface area (Å²) >= 11 is 0. The predicted octanol–water partition coefficient (Wildman–Crippen LogP) is 3.26. The van der Waals surface area contributed by atoms with Crippen molar-refractivity contribution < 1.29 is 9.90 Å². The number of anilines is 1. The van der Waals surface area contributed by atoms with Gasteiger partial charge in [0, 0.05) is 18.4 Å². The molecule has 2 N–H and O–H groups in total. The molecule has 0 aliphatic heterocycles. The quantitative estimate of drug-likeness (QED) is 0.798. The average molecular weight is 281 g/mol. The second kappa shape index (κ2) is 8.02. The molecule has 0 heterocycles. The second-order valence-electron chi connectivity index (χ2n) is 4.76. The van der Waals surface area contributed by atoms with E-state index in [1.807, 2.05) is 54.6 Å². The molecule has 0 bridgehead atoms. The number of hydrogen-bond donors (Lipinski definition) is 2. The minimum Gasteiger partial charge on any atom is -0.396 e. The van der Waals surface area contributed by atoms with Crippen LogP contribution >= 0.6 is 0 Å². The maximum absolute atomic E-state index is 11.9. The molecule has 1 amide bonds. The molecule has 0 fully saturated rings. The van der Waals surface area contributed by atoms with E-state index in [9.17, 15) is 4.79 Å². The van der Waals surface area contributed by atoms with E-state index in [1.165, 1.54) is 6.08 Å². The van der Waals surface area contributed by atoms with Gasteiger partial charge in [-0.3, -0.25) is 4.79 Å². The third-order valence-electron chi connectivity index (χ3n) is 3.04. The van der Waals surface area contributed by atoms with Crippen LogP contribution in [0.1, 0.15) is 17.5 Å². The van der Waals surface area contributed by atoms with Crippen LogP contribution in [-0.4, -0.2) is 17.6 Å². The Hall–Kier alpha value is -2.39. The summed E-state index contributed by atoms with van der Waals surface area (Å²) in [6.07, 6.45) is 4.84. The molecule has 2 aromatic carbocycles. The molecule has 0 radical (unpaired) electrons. The molecule has 0 aliphatic rings. The molecule has 0 aliphatic carbocycles. The molecule has 0 saturated carbocycles. The van der Waals surface area contributed by atoms with Crippen LogP contribution in [-0.2, 0) is 11.2 Å². The van der Waals surface area contributed by atoms with Crippen molar-refractivity contribution in [2.75, 3.05) is 11.9 Å². The monoisotopic (exact) mass is 281 g/mol. The zero-order valence-corrected chi connectivity index (χ0v) is 11.8. The third-order valence-corrected chi connectivity index (χ3v) is 3.04. The van der Waals surface area contributed by atoms with Crippen LogP contribution < -0.4 is 5.32 Å². The summed E-state index contributed by atoms with van der Waals surface area (Å²) in [6.45, 7) is 0.177. The Morgan fingerprint density at radius 1 is 1.10 bits per heavy atom. The number of rotatable bonds is 6. The first-order valence-electron chi connectivity index (χ1n) is 7.02. The summed E-state index contributed by atoms with van der Waals surface area (Å²) in [4.78, 5) is 11.9. The fourth-order valence-electron chi connectivity index (χ4n) is 2.01. The Kier molecular flexibility index (Phi) is 5.73. The van der Waals surface area contributed by atoms with Crippen molar-refractivity contribution >= 4 is 17.7 Å². The highest BCUT2D eigenvalue weighted by molar-refractivity contribution is 6.01. The number of aliphatic hydroxyl groups excluding tert-OH is 1. The molecular formula is C18H19NO2. The second-order valence-corrected chi connectivity index (χ2v) is 4.76. The van der Waals surface area contributed by atoms with Gasteiger partial charge in [-0.05, 0) is 42.2 Å². The van der Waals surface area contributed by atoms with Crippen LogP contribution in [0.3, 0.4) is 0 Å². The Morgan fingerprint density at radius 2 is 1.90 bits per heavy atom. The summed E-state index contributed by atoms with van der Waals surface area (Å²) < 4.78 is 0. The van der Waals surface area contributed by atoms with Crippen molar-refractivity contribution in [2.24, 2.45) is 0 Å². The minimum atomic E-state index is -0.154. The van der Waals surface area contributed by atoms with Gasteiger partial charge in [0.1, 0.15) is 0 Å². The zero-order chi connectivity index (χ0) is 14.9. The molecule has 0 spiro atoms. The van der Waals surface area contributed by atoms with Crippen LogP contribution in [0, 0.1) is 0 Å². The lowest BCUT2D eigenvalue weighted by Crippen LogP contribution is -2.07. The zero-order valence-electron chi connectivity index (χ0n) is 11.8. The van der Waals surface area contributed by atoms with Gasteiger partial charge < -0.3 is 10.4 Å². The lowest BCUT2D eigenvalue weighted by molar-refractivity contribution is -0.111. The van der Waals surface area contributed by atoms with Gasteiger partial charge in [-0.25, -0.2) is 0 Å². The fourth-order valence-corrected chi connectivity index (χ4v) is 2.01. The number of nitrogens with one attached hydrogen (secondary N) is 1. The van der Waals surface area contributed by atoms with Gasteiger partial charge in [-0.1, -0.05) is 42.5 Å². The van der Waals surface area contributed by atoms with Gasteiger partial charge in [-0.15, -0.1) is 0 Å². The normalized spacial score (nSPS) is 10.7. The number of aryl methyl sites for hydroxylation is 1. The number of carbonyl (C=O) groups is 1. The first-order valence-corrected chi connectivity index (χ1v) is 7.02. The Labute approximate surface area is 124 Å². The summed E-state index contributed by atoms with van der Waals surface area (Å²) in [5.41, 5.74) is 2.87. The summed E-state index contributed by atoms with van der Waals surface area (Å²) in [7, 11) is 0. The van der Waals surface area contributed by atoms with E-state index in [-0.39, 0.29) is 12.5 Å². The molecule has 21 heavy (non-hydrogen) atoms. The van der Waals surface area contributed by atoms with Crippen molar-refractivity contribution in [3.05, 3.63) is 71.8 Å². The highest BCUT2D eigenvalue weighted by atomic mass is 16.2. The van der Waals surface area contributed by atoms with E-state index in [0.717, 1.165) is 29.7 Å². The molecule has 0 unspecified atom stereocenters. The summed E-state index contributed by atoms with van der Waals surface area (Å²) in [5, 5.41) is 11.7. The van der Waals surface area contributed by atoms with Crippen LogP contribution in [0.25, 0.3) is 6.08 Å². The SMILES string of the molecule is O=C(/C=C/c1ccccc1)Nc1cccc(CCCO)c1. The minimum absolute atomic E-state index is 0.154. The van der Waals surface area contributed by atoms with Crippen molar-refractivity contribution in [1.29, 1.82) is 0 Å². The fraction of sp³-hybridized carbons (Fsp3) is 0.167. The van der Waals surface area contributed by atoms with Crippen LogP contribution in [0.2, 0.25) is 0 Å². The Morgan fingerprint density at radius 3 is 2.67 bits per heavy atom. The Balaban J connectivity index is 1.95. The lowest BCUT2D eigenvalue weighted by atomic mass is 10.1. The smallest absolute Gasteiger partial charge is 0.248 e. The van der Waals surface area contributed by atoms with E-state index < -0.39 is 0 Å². The first-order chi connectivity index (χ1) is 10.3. The van der Waals surface area contributed by atoms with E-state index in [4.69, 9.17) is 5.11 Å². The van der Waals surface area contributed by atoms with Crippen molar-refractivity contribution in [1.82, 2.24) is 0 Å². The molecule has 2 rings (SSSR count). The first kappa shape index (κ1) is 15.0. The number of aliphatic hydroxyl groups is 1. The number of hydrogen-bond acceptors (Lipinski definition) is 2. The van der Waals surface area contributed by atoms with E-state index in [2.05, 4.69) is 5.32 Å².